The minimum absolute atomic E-state index is 0.0751. The molecule has 0 heteroatoms. The largest absolute Gasteiger partial charge is 0.0863 e. The van der Waals surface area contributed by atoms with E-state index < -0.39 is 0 Å². The Labute approximate surface area is 70.4 Å². The molecule has 0 aromatic rings. The maximum atomic E-state index is 3.05. The molecule has 0 nitrogen and oxygen atoms in total. The van der Waals surface area contributed by atoms with Gasteiger partial charge >= 0.3 is 0 Å². The molecular formula is C11H16. The Morgan fingerprint density at radius 1 is 1.00 bits per heavy atom. The van der Waals surface area contributed by atoms with Crippen molar-refractivity contribution in [3.8, 4) is 23.7 Å². The summed E-state index contributed by atoms with van der Waals surface area (Å²) in [4.78, 5) is 0. The molecule has 0 spiro atoms. The van der Waals surface area contributed by atoms with E-state index in [1.54, 1.807) is 0 Å². The second-order valence-corrected chi connectivity index (χ2v) is 3.92. The van der Waals surface area contributed by atoms with Crippen LogP contribution in [0.5, 0.6) is 0 Å². The maximum absolute atomic E-state index is 3.05. The molecule has 0 amide bonds. The van der Waals surface area contributed by atoms with Gasteiger partial charge in [-0.3, -0.25) is 0 Å². The number of rotatable bonds is 0. The summed E-state index contributed by atoms with van der Waals surface area (Å²) in [7, 11) is 0. The third-order valence-corrected chi connectivity index (χ3v) is 0.861. The van der Waals surface area contributed by atoms with E-state index in [0.29, 0.717) is 5.92 Å². The predicted octanol–water partition coefficient (Wildman–Crippen LogP) is 2.70. The van der Waals surface area contributed by atoms with E-state index in [1.807, 2.05) is 0 Å². The average Bonchev–Trinajstić information content (AvgIpc) is 1.78. The fourth-order valence-electron chi connectivity index (χ4n) is 0.399. The quantitative estimate of drug-likeness (QED) is 0.463. The first-order valence-electron chi connectivity index (χ1n) is 3.94. The zero-order valence-corrected chi connectivity index (χ0v) is 8.08. The van der Waals surface area contributed by atoms with Crippen molar-refractivity contribution in [3.05, 3.63) is 0 Å². The van der Waals surface area contributed by atoms with Crippen LogP contribution in [0, 0.1) is 35.0 Å². The van der Waals surface area contributed by atoms with Crippen LogP contribution in [0.3, 0.4) is 0 Å². The van der Waals surface area contributed by atoms with Crippen molar-refractivity contribution in [1.82, 2.24) is 0 Å². The van der Waals surface area contributed by atoms with E-state index in [9.17, 15) is 0 Å². The Kier molecular flexibility index (Phi) is 3.77. The summed E-state index contributed by atoms with van der Waals surface area (Å²) >= 11 is 0. The maximum Gasteiger partial charge on any atom is 0.0240 e. The number of hydrogen-bond acceptors (Lipinski definition) is 0. The van der Waals surface area contributed by atoms with Crippen LogP contribution in [-0.4, -0.2) is 0 Å². The highest BCUT2D eigenvalue weighted by Gasteiger charge is 2.02. The minimum Gasteiger partial charge on any atom is -0.0863 e. The van der Waals surface area contributed by atoms with E-state index in [1.165, 1.54) is 0 Å². The van der Waals surface area contributed by atoms with E-state index >= 15 is 0 Å². The summed E-state index contributed by atoms with van der Waals surface area (Å²) in [6, 6.07) is 0. The van der Waals surface area contributed by atoms with Crippen molar-refractivity contribution in [2.45, 2.75) is 34.6 Å². The van der Waals surface area contributed by atoms with E-state index in [0.717, 1.165) is 0 Å². The standard InChI is InChI=1S/C11H16/c1-10(2)8-6-7-9-11(3,4)5/h10H,1-5H3. The molecule has 0 aliphatic carbocycles. The lowest BCUT2D eigenvalue weighted by Crippen LogP contribution is -1.98. The molecule has 0 aromatic carbocycles. The van der Waals surface area contributed by atoms with Crippen LogP contribution < -0.4 is 0 Å². The van der Waals surface area contributed by atoms with Gasteiger partial charge in [0.15, 0.2) is 0 Å². The molecule has 0 aliphatic heterocycles. The zero-order chi connectivity index (χ0) is 8.91. The first-order valence-corrected chi connectivity index (χ1v) is 3.94. The van der Waals surface area contributed by atoms with E-state index in [4.69, 9.17) is 0 Å². The van der Waals surface area contributed by atoms with Crippen molar-refractivity contribution < 1.29 is 0 Å². The molecule has 0 rings (SSSR count). The zero-order valence-electron chi connectivity index (χ0n) is 8.08. The van der Waals surface area contributed by atoms with Gasteiger partial charge in [0.2, 0.25) is 0 Å². The highest BCUT2D eigenvalue weighted by atomic mass is 14.0. The van der Waals surface area contributed by atoms with Crippen LogP contribution in [0.1, 0.15) is 34.6 Å². The summed E-state index contributed by atoms with van der Waals surface area (Å²) in [5.74, 6) is 12.1. The van der Waals surface area contributed by atoms with Crippen LogP contribution in [0.15, 0.2) is 0 Å². The van der Waals surface area contributed by atoms with Gasteiger partial charge in [0.25, 0.3) is 0 Å². The van der Waals surface area contributed by atoms with Crippen LogP contribution in [0.2, 0.25) is 0 Å². The lowest BCUT2D eigenvalue weighted by atomic mass is 9.98. The first-order chi connectivity index (χ1) is 4.92. The molecule has 0 heterocycles. The summed E-state index contributed by atoms with van der Waals surface area (Å²) in [6.45, 7) is 10.4. The van der Waals surface area contributed by atoms with Crippen molar-refractivity contribution >= 4 is 0 Å². The summed E-state index contributed by atoms with van der Waals surface area (Å²) in [5.41, 5.74) is 0.0751. The molecule has 0 saturated heterocycles. The smallest absolute Gasteiger partial charge is 0.0240 e. The molecule has 0 N–H and O–H groups in total. The highest BCUT2D eigenvalue weighted by molar-refractivity contribution is 5.28. The fourth-order valence-corrected chi connectivity index (χ4v) is 0.399. The lowest BCUT2D eigenvalue weighted by molar-refractivity contribution is 0.571. The van der Waals surface area contributed by atoms with E-state index in [-0.39, 0.29) is 5.41 Å². The normalized spacial score (nSPS) is 9.64. The van der Waals surface area contributed by atoms with Crippen LogP contribution >= 0.6 is 0 Å². The van der Waals surface area contributed by atoms with Crippen molar-refractivity contribution in [2.75, 3.05) is 0 Å². The van der Waals surface area contributed by atoms with Gasteiger partial charge in [0.05, 0.1) is 0 Å². The summed E-state index contributed by atoms with van der Waals surface area (Å²) < 4.78 is 0. The molecule has 0 unspecified atom stereocenters. The molecule has 60 valence electrons. The van der Waals surface area contributed by atoms with Gasteiger partial charge in [-0.1, -0.05) is 25.7 Å². The molecule has 0 radical (unpaired) electrons. The summed E-state index contributed by atoms with van der Waals surface area (Å²) in [5, 5.41) is 0. The third kappa shape index (κ3) is 9.12. The second-order valence-electron chi connectivity index (χ2n) is 3.92. The Hall–Kier alpha value is -0.880. The Morgan fingerprint density at radius 3 is 1.91 bits per heavy atom. The van der Waals surface area contributed by atoms with Crippen molar-refractivity contribution in [3.63, 3.8) is 0 Å². The Balaban J connectivity index is 4.05. The van der Waals surface area contributed by atoms with Gasteiger partial charge in [-0.05, 0) is 32.6 Å². The third-order valence-electron chi connectivity index (χ3n) is 0.861. The SMILES string of the molecule is CC(C)C#CC#CC(C)(C)C. The van der Waals surface area contributed by atoms with Crippen LogP contribution in [0.25, 0.3) is 0 Å². The van der Waals surface area contributed by atoms with E-state index in [2.05, 4.69) is 58.3 Å². The van der Waals surface area contributed by atoms with Crippen molar-refractivity contribution in [1.29, 1.82) is 0 Å². The number of hydrogen-bond donors (Lipinski definition) is 0. The molecule has 11 heavy (non-hydrogen) atoms. The molecule has 0 saturated carbocycles. The summed E-state index contributed by atoms with van der Waals surface area (Å²) in [6.07, 6.45) is 0. The molecular weight excluding hydrogens is 132 g/mol. The molecule has 0 atom stereocenters. The van der Waals surface area contributed by atoms with Gasteiger partial charge in [-0.25, -0.2) is 0 Å². The topological polar surface area (TPSA) is 0 Å². The van der Waals surface area contributed by atoms with Crippen LogP contribution in [-0.2, 0) is 0 Å². The Bertz CT molecular complexity index is 217. The molecule has 0 aliphatic rings. The molecule has 0 bridgehead atoms. The predicted molar refractivity (Wildman–Crippen MR) is 49.8 cm³/mol. The van der Waals surface area contributed by atoms with Gasteiger partial charge in [0, 0.05) is 11.3 Å². The molecule has 0 aromatic heterocycles. The average molecular weight is 148 g/mol. The Morgan fingerprint density at radius 2 is 1.55 bits per heavy atom. The molecule has 0 fully saturated rings. The van der Waals surface area contributed by atoms with Crippen LogP contribution in [0.4, 0.5) is 0 Å². The van der Waals surface area contributed by atoms with Gasteiger partial charge in [-0.2, -0.15) is 0 Å². The first kappa shape index (κ1) is 10.1. The monoisotopic (exact) mass is 148 g/mol. The van der Waals surface area contributed by atoms with Gasteiger partial charge in [0.1, 0.15) is 0 Å². The minimum atomic E-state index is 0.0751. The van der Waals surface area contributed by atoms with Crippen molar-refractivity contribution in [2.24, 2.45) is 11.3 Å². The second kappa shape index (κ2) is 4.09. The lowest BCUT2D eigenvalue weighted by Gasteiger charge is -2.05. The van der Waals surface area contributed by atoms with Gasteiger partial charge in [-0.15, -0.1) is 0 Å². The highest BCUT2D eigenvalue weighted by Crippen LogP contribution is 2.09. The fraction of sp³-hybridized carbons (Fsp3) is 0.636. The van der Waals surface area contributed by atoms with Gasteiger partial charge < -0.3 is 0 Å².